The summed E-state index contributed by atoms with van der Waals surface area (Å²) >= 11 is 0. The third kappa shape index (κ3) is 3.41. The molecule has 0 bridgehead atoms. The molecule has 0 atom stereocenters. The van der Waals surface area contributed by atoms with Crippen molar-refractivity contribution in [3.8, 4) is 0 Å². The van der Waals surface area contributed by atoms with Crippen molar-refractivity contribution in [1.82, 2.24) is 4.98 Å². The molecule has 0 unspecified atom stereocenters. The van der Waals surface area contributed by atoms with Gasteiger partial charge in [0.15, 0.2) is 0 Å². The van der Waals surface area contributed by atoms with Crippen LogP contribution in [0, 0.1) is 0 Å². The van der Waals surface area contributed by atoms with Crippen LogP contribution < -0.4 is 0 Å². The summed E-state index contributed by atoms with van der Waals surface area (Å²) in [5.41, 5.74) is 3.26. The number of rotatable bonds is 4. The standard InChI is InChI=1S/C27H20N2/c1-3-14-23-20(9-1)11-7-16-25(23)27(29-19-22-13-5-6-18-28-22)26-17-8-12-21-10-2-4-15-24(21)26/h1-19,27H. The summed E-state index contributed by atoms with van der Waals surface area (Å²) in [4.78, 5) is 9.46. The average Bonchev–Trinajstić information content (AvgIpc) is 2.80. The van der Waals surface area contributed by atoms with Crippen molar-refractivity contribution >= 4 is 27.8 Å². The number of aliphatic imine (C=N–C) groups is 1. The van der Waals surface area contributed by atoms with Crippen molar-refractivity contribution in [1.29, 1.82) is 0 Å². The summed E-state index contributed by atoms with van der Waals surface area (Å²) in [5.74, 6) is 0. The predicted octanol–water partition coefficient (Wildman–Crippen LogP) is 6.60. The molecule has 2 heteroatoms. The Morgan fingerprint density at radius 1 is 0.586 bits per heavy atom. The maximum atomic E-state index is 5.05. The SMILES string of the molecule is C(=NC(c1cccc2ccccc12)c1cccc2ccccc12)c1ccccn1. The summed E-state index contributed by atoms with van der Waals surface area (Å²) in [6.45, 7) is 0. The number of hydrogen-bond donors (Lipinski definition) is 0. The van der Waals surface area contributed by atoms with Gasteiger partial charge in [-0.1, -0.05) is 91.0 Å². The summed E-state index contributed by atoms with van der Waals surface area (Å²) in [5, 5.41) is 4.91. The normalized spacial score (nSPS) is 11.6. The first-order valence-electron chi connectivity index (χ1n) is 9.80. The third-order valence-corrected chi connectivity index (χ3v) is 5.28. The molecular weight excluding hydrogens is 352 g/mol. The molecule has 5 aromatic rings. The minimum absolute atomic E-state index is 0.116. The highest BCUT2D eigenvalue weighted by atomic mass is 14.8. The molecule has 0 saturated heterocycles. The van der Waals surface area contributed by atoms with E-state index in [4.69, 9.17) is 4.99 Å². The molecule has 0 aliphatic heterocycles. The Morgan fingerprint density at radius 3 is 1.72 bits per heavy atom. The van der Waals surface area contributed by atoms with Gasteiger partial charge in [-0.3, -0.25) is 9.98 Å². The van der Waals surface area contributed by atoms with E-state index < -0.39 is 0 Å². The van der Waals surface area contributed by atoms with Gasteiger partial charge in [-0.25, -0.2) is 0 Å². The van der Waals surface area contributed by atoms with Crippen LogP contribution in [0.1, 0.15) is 22.9 Å². The van der Waals surface area contributed by atoms with Crippen LogP contribution in [-0.4, -0.2) is 11.2 Å². The van der Waals surface area contributed by atoms with E-state index in [-0.39, 0.29) is 6.04 Å². The first kappa shape index (κ1) is 17.3. The molecule has 0 radical (unpaired) electrons. The first-order chi connectivity index (χ1) is 14.4. The Kier molecular flexibility index (Phi) is 4.59. The third-order valence-electron chi connectivity index (χ3n) is 5.28. The number of aromatic nitrogens is 1. The molecule has 5 rings (SSSR count). The highest BCUT2D eigenvalue weighted by molar-refractivity contribution is 5.90. The van der Waals surface area contributed by atoms with E-state index in [1.807, 2.05) is 24.4 Å². The number of nitrogens with zero attached hydrogens (tertiary/aromatic N) is 2. The van der Waals surface area contributed by atoms with Crippen LogP contribution >= 0.6 is 0 Å². The van der Waals surface area contributed by atoms with Gasteiger partial charge < -0.3 is 0 Å². The van der Waals surface area contributed by atoms with E-state index in [0.29, 0.717) is 0 Å². The van der Waals surface area contributed by atoms with Gasteiger partial charge in [0.05, 0.1) is 5.69 Å². The van der Waals surface area contributed by atoms with Crippen LogP contribution in [0.5, 0.6) is 0 Å². The molecule has 4 aromatic carbocycles. The fourth-order valence-corrected chi connectivity index (χ4v) is 3.91. The van der Waals surface area contributed by atoms with Crippen LogP contribution in [0.25, 0.3) is 21.5 Å². The zero-order valence-electron chi connectivity index (χ0n) is 15.9. The maximum absolute atomic E-state index is 5.05. The van der Waals surface area contributed by atoms with E-state index in [1.54, 1.807) is 6.20 Å². The number of hydrogen-bond acceptors (Lipinski definition) is 2. The Bertz CT molecular complexity index is 1220. The van der Waals surface area contributed by atoms with Gasteiger partial charge in [-0.05, 0) is 44.8 Å². The van der Waals surface area contributed by atoms with E-state index in [9.17, 15) is 0 Å². The second-order valence-electron chi connectivity index (χ2n) is 7.07. The van der Waals surface area contributed by atoms with Crippen molar-refractivity contribution in [3.63, 3.8) is 0 Å². The van der Waals surface area contributed by atoms with Gasteiger partial charge in [0, 0.05) is 12.4 Å². The molecule has 138 valence electrons. The lowest BCUT2D eigenvalue weighted by Crippen LogP contribution is -2.02. The topological polar surface area (TPSA) is 25.2 Å². The molecule has 1 aromatic heterocycles. The Balaban J connectivity index is 1.74. The maximum Gasteiger partial charge on any atom is 0.101 e. The van der Waals surface area contributed by atoms with Crippen molar-refractivity contribution in [2.45, 2.75) is 6.04 Å². The van der Waals surface area contributed by atoms with Gasteiger partial charge in [0.1, 0.15) is 6.04 Å². The average molecular weight is 372 g/mol. The van der Waals surface area contributed by atoms with E-state index in [1.165, 1.54) is 32.7 Å². The fraction of sp³-hybridized carbons (Fsp3) is 0.0370. The van der Waals surface area contributed by atoms with Crippen molar-refractivity contribution in [2.24, 2.45) is 4.99 Å². The van der Waals surface area contributed by atoms with Crippen molar-refractivity contribution in [3.05, 3.63) is 126 Å². The molecule has 0 amide bonds. The molecule has 0 aliphatic rings. The summed E-state index contributed by atoms with van der Waals surface area (Å²) < 4.78 is 0. The monoisotopic (exact) mass is 372 g/mol. The Labute approximate surface area is 170 Å². The summed E-state index contributed by atoms with van der Waals surface area (Å²) in [6.07, 6.45) is 3.68. The number of fused-ring (bicyclic) bond motifs is 2. The molecule has 2 nitrogen and oxygen atoms in total. The largest absolute Gasteiger partial charge is 0.278 e. The molecule has 29 heavy (non-hydrogen) atoms. The van der Waals surface area contributed by atoms with Gasteiger partial charge in [-0.15, -0.1) is 0 Å². The molecular formula is C27H20N2. The zero-order chi connectivity index (χ0) is 19.5. The molecule has 0 spiro atoms. The lowest BCUT2D eigenvalue weighted by molar-refractivity contribution is 0.896. The predicted molar refractivity (Wildman–Crippen MR) is 122 cm³/mol. The van der Waals surface area contributed by atoms with Crippen molar-refractivity contribution < 1.29 is 0 Å². The Morgan fingerprint density at radius 2 is 1.14 bits per heavy atom. The second kappa shape index (κ2) is 7.69. The Hall–Kier alpha value is -3.78. The molecule has 0 N–H and O–H groups in total. The van der Waals surface area contributed by atoms with Gasteiger partial charge in [0.25, 0.3) is 0 Å². The van der Waals surface area contributed by atoms with Crippen LogP contribution in [0.2, 0.25) is 0 Å². The molecule has 0 aliphatic carbocycles. The molecule has 0 saturated carbocycles. The van der Waals surface area contributed by atoms with E-state index in [0.717, 1.165) is 5.69 Å². The molecule has 1 heterocycles. The minimum atomic E-state index is -0.116. The fourth-order valence-electron chi connectivity index (χ4n) is 3.91. The summed E-state index contributed by atoms with van der Waals surface area (Å²) in [7, 11) is 0. The number of pyridine rings is 1. The van der Waals surface area contributed by atoms with Gasteiger partial charge in [-0.2, -0.15) is 0 Å². The quantitative estimate of drug-likeness (QED) is 0.326. The lowest BCUT2D eigenvalue weighted by Gasteiger charge is -2.18. The van der Waals surface area contributed by atoms with Crippen LogP contribution in [0.15, 0.2) is 114 Å². The number of benzene rings is 4. The first-order valence-corrected chi connectivity index (χ1v) is 9.80. The molecule has 0 fully saturated rings. The lowest BCUT2D eigenvalue weighted by atomic mass is 9.91. The van der Waals surface area contributed by atoms with Crippen molar-refractivity contribution in [2.75, 3.05) is 0 Å². The van der Waals surface area contributed by atoms with Crippen LogP contribution in [0.3, 0.4) is 0 Å². The highest BCUT2D eigenvalue weighted by Gasteiger charge is 2.17. The van der Waals surface area contributed by atoms with Gasteiger partial charge in [0.2, 0.25) is 0 Å². The second-order valence-corrected chi connectivity index (χ2v) is 7.07. The van der Waals surface area contributed by atoms with Gasteiger partial charge >= 0.3 is 0 Å². The van der Waals surface area contributed by atoms with Crippen LogP contribution in [0.4, 0.5) is 0 Å². The zero-order valence-corrected chi connectivity index (χ0v) is 15.9. The van der Waals surface area contributed by atoms with E-state index in [2.05, 4.69) is 89.9 Å². The highest BCUT2D eigenvalue weighted by Crippen LogP contribution is 2.35. The smallest absolute Gasteiger partial charge is 0.101 e. The van der Waals surface area contributed by atoms with Crippen LogP contribution in [-0.2, 0) is 0 Å². The van der Waals surface area contributed by atoms with E-state index >= 15 is 0 Å². The summed E-state index contributed by atoms with van der Waals surface area (Å²) in [6, 6.07) is 35.7. The minimum Gasteiger partial charge on any atom is -0.278 e.